The number of anilines is 1. The fourth-order valence-electron chi connectivity index (χ4n) is 3.57. The maximum absolute atomic E-state index is 13.4. The summed E-state index contributed by atoms with van der Waals surface area (Å²) in [7, 11) is 1.60. The summed E-state index contributed by atoms with van der Waals surface area (Å²) >= 11 is 0. The fraction of sp³-hybridized carbons (Fsp3) is 0.160. The molecule has 1 amide bonds. The number of amides is 1. The van der Waals surface area contributed by atoms with Gasteiger partial charge in [0.05, 0.1) is 13.7 Å². The number of nitrogens with zero attached hydrogens (tertiary/aromatic N) is 2. The standard InChI is InChI=1S/C25H23N3O3/c1-16-7-6-9-23(17(16)2)28(25(30)22-8-4-5-12-26-22)15-19-13-18-14-20(31-3)10-11-21(18)27-24(19)29/h4-14H,15H2,1-3H3,(H,27,29). The largest absolute Gasteiger partial charge is 0.497 e. The number of nitrogens with one attached hydrogen (secondary N) is 1. The van der Waals surface area contributed by atoms with Crippen molar-refractivity contribution in [3.63, 3.8) is 0 Å². The van der Waals surface area contributed by atoms with Gasteiger partial charge in [-0.2, -0.15) is 0 Å². The van der Waals surface area contributed by atoms with Gasteiger partial charge in [-0.1, -0.05) is 18.2 Å². The van der Waals surface area contributed by atoms with Gasteiger partial charge in [0.2, 0.25) is 0 Å². The van der Waals surface area contributed by atoms with Gasteiger partial charge >= 0.3 is 0 Å². The molecule has 0 aliphatic rings. The highest BCUT2D eigenvalue weighted by molar-refractivity contribution is 6.05. The van der Waals surface area contributed by atoms with Crippen molar-refractivity contribution in [1.29, 1.82) is 0 Å². The van der Waals surface area contributed by atoms with Crippen LogP contribution in [-0.4, -0.2) is 23.0 Å². The number of aryl methyl sites for hydroxylation is 1. The summed E-state index contributed by atoms with van der Waals surface area (Å²) in [5.74, 6) is 0.431. The molecule has 1 N–H and O–H groups in total. The minimum atomic E-state index is -0.264. The summed E-state index contributed by atoms with van der Waals surface area (Å²) in [6.07, 6.45) is 1.59. The molecule has 31 heavy (non-hydrogen) atoms. The number of hydrogen-bond donors (Lipinski definition) is 1. The molecule has 2 aromatic heterocycles. The summed E-state index contributed by atoms with van der Waals surface area (Å²) in [5.41, 5.74) is 4.07. The lowest BCUT2D eigenvalue weighted by atomic mass is 10.1. The smallest absolute Gasteiger partial charge is 0.277 e. The molecule has 0 bridgehead atoms. The second kappa shape index (κ2) is 8.44. The monoisotopic (exact) mass is 413 g/mol. The van der Waals surface area contributed by atoms with Crippen LogP contribution in [0.5, 0.6) is 5.75 Å². The van der Waals surface area contributed by atoms with Crippen molar-refractivity contribution < 1.29 is 9.53 Å². The number of pyridine rings is 2. The van der Waals surface area contributed by atoms with Gasteiger partial charge in [-0.05, 0) is 67.4 Å². The van der Waals surface area contributed by atoms with Crippen LogP contribution >= 0.6 is 0 Å². The van der Waals surface area contributed by atoms with Crippen molar-refractivity contribution in [3.8, 4) is 5.75 Å². The van der Waals surface area contributed by atoms with Crippen molar-refractivity contribution in [2.75, 3.05) is 12.0 Å². The molecule has 0 saturated carbocycles. The highest BCUT2D eigenvalue weighted by Gasteiger charge is 2.22. The third-order valence-corrected chi connectivity index (χ3v) is 5.45. The number of aromatic nitrogens is 2. The molecule has 0 atom stereocenters. The molecule has 4 rings (SSSR count). The van der Waals surface area contributed by atoms with Crippen LogP contribution in [0, 0.1) is 13.8 Å². The number of ether oxygens (including phenoxy) is 1. The minimum absolute atomic E-state index is 0.113. The van der Waals surface area contributed by atoms with Crippen LogP contribution in [0.3, 0.4) is 0 Å². The number of rotatable bonds is 5. The van der Waals surface area contributed by atoms with E-state index in [0.29, 0.717) is 22.5 Å². The molecule has 0 aliphatic heterocycles. The number of fused-ring (bicyclic) bond motifs is 1. The lowest BCUT2D eigenvalue weighted by molar-refractivity contribution is 0.0980. The number of methoxy groups -OCH3 is 1. The highest BCUT2D eigenvalue weighted by Crippen LogP contribution is 2.26. The molecule has 156 valence electrons. The van der Waals surface area contributed by atoms with Crippen LogP contribution < -0.4 is 15.2 Å². The van der Waals surface area contributed by atoms with Crippen LogP contribution in [0.4, 0.5) is 5.69 Å². The van der Waals surface area contributed by atoms with Crippen LogP contribution in [0.1, 0.15) is 27.2 Å². The molecule has 0 spiro atoms. The van der Waals surface area contributed by atoms with Crippen molar-refractivity contribution in [1.82, 2.24) is 9.97 Å². The molecular formula is C25H23N3O3. The Morgan fingerprint density at radius 3 is 2.65 bits per heavy atom. The average Bonchev–Trinajstić information content (AvgIpc) is 2.79. The van der Waals surface area contributed by atoms with Gasteiger partial charge in [0.25, 0.3) is 11.5 Å². The number of aromatic amines is 1. The predicted octanol–water partition coefficient (Wildman–Crippen LogP) is 4.40. The first-order valence-corrected chi connectivity index (χ1v) is 9.97. The van der Waals surface area contributed by atoms with E-state index in [1.807, 2.05) is 38.1 Å². The minimum Gasteiger partial charge on any atom is -0.497 e. The Bertz CT molecular complexity index is 1310. The van der Waals surface area contributed by atoms with Gasteiger partial charge in [0.1, 0.15) is 11.4 Å². The van der Waals surface area contributed by atoms with E-state index in [2.05, 4.69) is 9.97 Å². The Balaban J connectivity index is 1.83. The van der Waals surface area contributed by atoms with Crippen molar-refractivity contribution in [2.24, 2.45) is 0 Å². The molecule has 6 nitrogen and oxygen atoms in total. The molecular weight excluding hydrogens is 390 g/mol. The second-order valence-electron chi connectivity index (χ2n) is 7.40. The van der Waals surface area contributed by atoms with Gasteiger partial charge in [-0.15, -0.1) is 0 Å². The first kappa shape index (κ1) is 20.3. The molecule has 0 unspecified atom stereocenters. The first-order chi connectivity index (χ1) is 15.0. The van der Waals surface area contributed by atoms with E-state index in [-0.39, 0.29) is 18.0 Å². The lowest BCUT2D eigenvalue weighted by Gasteiger charge is -2.25. The maximum Gasteiger partial charge on any atom is 0.277 e. The van der Waals surface area contributed by atoms with E-state index in [1.54, 1.807) is 54.6 Å². The zero-order valence-electron chi connectivity index (χ0n) is 17.7. The van der Waals surface area contributed by atoms with Crippen molar-refractivity contribution in [3.05, 3.63) is 99.6 Å². The summed E-state index contributed by atoms with van der Waals surface area (Å²) in [6.45, 7) is 4.08. The molecule has 6 heteroatoms. The zero-order valence-corrected chi connectivity index (χ0v) is 17.7. The van der Waals surface area contributed by atoms with E-state index < -0.39 is 0 Å². The Morgan fingerprint density at radius 1 is 1.06 bits per heavy atom. The van der Waals surface area contributed by atoms with Crippen LogP contribution in [-0.2, 0) is 6.54 Å². The van der Waals surface area contributed by atoms with Crippen LogP contribution in [0.2, 0.25) is 0 Å². The summed E-state index contributed by atoms with van der Waals surface area (Å²) in [6, 6.07) is 18.3. The molecule has 0 radical (unpaired) electrons. The summed E-state index contributed by atoms with van der Waals surface area (Å²) in [5, 5.41) is 0.833. The summed E-state index contributed by atoms with van der Waals surface area (Å²) in [4.78, 5) is 35.0. The third kappa shape index (κ3) is 4.05. The number of benzene rings is 2. The van der Waals surface area contributed by atoms with Gasteiger partial charge in [0, 0.05) is 28.4 Å². The SMILES string of the molecule is COc1ccc2[nH]c(=O)c(CN(C(=O)c3ccccn3)c3cccc(C)c3C)cc2c1. The normalized spacial score (nSPS) is 10.8. The van der Waals surface area contributed by atoms with E-state index in [0.717, 1.165) is 22.2 Å². The van der Waals surface area contributed by atoms with Crippen molar-refractivity contribution in [2.45, 2.75) is 20.4 Å². The van der Waals surface area contributed by atoms with Crippen molar-refractivity contribution >= 4 is 22.5 Å². The number of H-pyrrole nitrogens is 1. The van der Waals surface area contributed by atoms with E-state index >= 15 is 0 Å². The Labute approximate surface area is 180 Å². The van der Waals surface area contributed by atoms with E-state index in [9.17, 15) is 9.59 Å². The van der Waals surface area contributed by atoms with Gasteiger partial charge < -0.3 is 14.6 Å². The van der Waals surface area contributed by atoms with Gasteiger partial charge in [-0.3, -0.25) is 14.6 Å². The lowest BCUT2D eigenvalue weighted by Crippen LogP contribution is -2.34. The van der Waals surface area contributed by atoms with E-state index in [1.165, 1.54) is 0 Å². The summed E-state index contributed by atoms with van der Waals surface area (Å²) < 4.78 is 5.30. The Kier molecular flexibility index (Phi) is 5.54. The molecule has 0 saturated heterocycles. The molecule has 0 fully saturated rings. The first-order valence-electron chi connectivity index (χ1n) is 9.97. The predicted molar refractivity (Wildman–Crippen MR) is 122 cm³/mol. The van der Waals surface area contributed by atoms with E-state index in [4.69, 9.17) is 4.74 Å². The average molecular weight is 413 g/mol. The number of hydrogen-bond acceptors (Lipinski definition) is 4. The second-order valence-corrected chi connectivity index (χ2v) is 7.40. The highest BCUT2D eigenvalue weighted by atomic mass is 16.5. The molecule has 4 aromatic rings. The molecule has 2 aromatic carbocycles. The third-order valence-electron chi connectivity index (χ3n) is 5.45. The van der Waals surface area contributed by atoms with Gasteiger partial charge in [0.15, 0.2) is 0 Å². The zero-order chi connectivity index (χ0) is 22.0. The van der Waals surface area contributed by atoms with Crippen LogP contribution in [0.15, 0.2) is 71.7 Å². The Hall–Kier alpha value is -3.93. The van der Waals surface area contributed by atoms with Crippen LogP contribution in [0.25, 0.3) is 10.9 Å². The molecule has 2 heterocycles. The maximum atomic E-state index is 13.4. The number of carbonyl (C=O) groups excluding carboxylic acids is 1. The quantitative estimate of drug-likeness (QED) is 0.526. The Morgan fingerprint density at radius 2 is 1.90 bits per heavy atom. The molecule has 0 aliphatic carbocycles. The number of carbonyl (C=O) groups is 1. The topological polar surface area (TPSA) is 75.3 Å². The van der Waals surface area contributed by atoms with Gasteiger partial charge in [-0.25, -0.2) is 0 Å². The fourth-order valence-corrected chi connectivity index (χ4v) is 3.57.